The fraction of sp³-hybridized carbons (Fsp3) is 0.286. The zero-order valence-electron chi connectivity index (χ0n) is 14.2. The molecule has 1 fully saturated rings. The third-order valence-corrected chi connectivity index (χ3v) is 5.58. The summed E-state index contributed by atoms with van der Waals surface area (Å²) in [6.07, 6.45) is 8.47. The van der Waals surface area contributed by atoms with Crippen molar-refractivity contribution < 1.29 is 0 Å². The van der Waals surface area contributed by atoms with Crippen molar-refractivity contribution >= 4 is 21.9 Å². The lowest BCUT2D eigenvalue weighted by atomic mass is 9.89. The number of likely N-dealkylation sites (tertiary alicyclic amines) is 1. The second-order valence-electron chi connectivity index (χ2n) is 7.05. The summed E-state index contributed by atoms with van der Waals surface area (Å²) in [6.45, 7) is 3.32. The molecule has 0 atom stereocenters. The number of rotatable bonds is 3. The van der Waals surface area contributed by atoms with Crippen LogP contribution in [0.25, 0.3) is 21.9 Å². The van der Waals surface area contributed by atoms with Crippen molar-refractivity contribution in [3.05, 3.63) is 66.1 Å². The van der Waals surface area contributed by atoms with Gasteiger partial charge in [0.15, 0.2) is 0 Å². The molecule has 1 aromatic carbocycles. The van der Waals surface area contributed by atoms with E-state index < -0.39 is 0 Å². The molecule has 0 saturated carbocycles. The van der Waals surface area contributed by atoms with Gasteiger partial charge in [0.2, 0.25) is 0 Å². The van der Waals surface area contributed by atoms with Crippen LogP contribution < -0.4 is 0 Å². The molecule has 1 saturated heterocycles. The summed E-state index contributed by atoms with van der Waals surface area (Å²) in [5, 5.41) is 2.59. The highest BCUT2D eigenvalue weighted by Crippen LogP contribution is 2.33. The number of H-pyrrole nitrogens is 2. The van der Waals surface area contributed by atoms with Crippen molar-refractivity contribution in [2.45, 2.75) is 25.3 Å². The van der Waals surface area contributed by atoms with Crippen LogP contribution in [0, 0.1) is 0 Å². The molecule has 0 unspecified atom stereocenters. The molecule has 3 aromatic heterocycles. The predicted octanol–water partition coefficient (Wildman–Crippen LogP) is 4.42. The first kappa shape index (κ1) is 14.7. The minimum Gasteiger partial charge on any atom is -0.361 e. The van der Waals surface area contributed by atoms with E-state index in [2.05, 4.69) is 56.4 Å². The number of benzene rings is 1. The van der Waals surface area contributed by atoms with Gasteiger partial charge in [0.25, 0.3) is 0 Å². The number of aromatic amines is 2. The number of aromatic nitrogens is 3. The van der Waals surface area contributed by atoms with Gasteiger partial charge in [-0.25, -0.2) is 4.98 Å². The summed E-state index contributed by atoms with van der Waals surface area (Å²) in [5.41, 5.74) is 5.14. The molecule has 4 heterocycles. The van der Waals surface area contributed by atoms with E-state index >= 15 is 0 Å². The number of nitrogens with zero attached hydrogens (tertiary/aromatic N) is 2. The first-order valence-electron chi connectivity index (χ1n) is 9.08. The average Bonchev–Trinajstić information content (AvgIpc) is 3.30. The van der Waals surface area contributed by atoms with Crippen molar-refractivity contribution in [2.75, 3.05) is 13.1 Å². The van der Waals surface area contributed by atoms with Gasteiger partial charge in [0, 0.05) is 36.0 Å². The van der Waals surface area contributed by atoms with Crippen LogP contribution in [-0.4, -0.2) is 32.9 Å². The minimum atomic E-state index is 0.635. The summed E-state index contributed by atoms with van der Waals surface area (Å²) >= 11 is 0. The molecule has 0 spiro atoms. The molecule has 2 N–H and O–H groups in total. The summed E-state index contributed by atoms with van der Waals surface area (Å²) in [4.78, 5) is 13.7. The smallest absolute Gasteiger partial charge is 0.137 e. The first-order chi connectivity index (χ1) is 12.4. The second-order valence-corrected chi connectivity index (χ2v) is 7.05. The Labute approximate surface area is 146 Å². The highest BCUT2D eigenvalue weighted by atomic mass is 15.1. The van der Waals surface area contributed by atoms with Crippen LogP contribution in [0.2, 0.25) is 0 Å². The van der Waals surface area contributed by atoms with Crippen molar-refractivity contribution in [1.82, 2.24) is 19.9 Å². The Hall–Kier alpha value is -2.59. The van der Waals surface area contributed by atoms with Crippen LogP contribution in [0.1, 0.15) is 29.9 Å². The van der Waals surface area contributed by atoms with Gasteiger partial charge < -0.3 is 9.97 Å². The van der Waals surface area contributed by atoms with Crippen LogP contribution in [0.5, 0.6) is 0 Å². The highest BCUT2D eigenvalue weighted by molar-refractivity contribution is 5.82. The Morgan fingerprint density at radius 1 is 1.04 bits per heavy atom. The lowest BCUT2D eigenvalue weighted by Gasteiger charge is -2.32. The van der Waals surface area contributed by atoms with Gasteiger partial charge in [-0.2, -0.15) is 0 Å². The quantitative estimate of drug-likeness (QED) is 0.584. The summed E-state index contributed by atoms with van der Waals surface area (Å²) < 4.78 is 0. The molecular weight excluding hydrogens is 308 g/mol. The summed E-state index contributed by atoms with van der Waals surface area (Å²) in [5.74, 6) is 0.635. The van der Waals surface area contributed by atoms with Gasteiger partial charge in [-0.1, -0.05) is 18.2 Å². The van der Waals surface area contributed by atoms with E-state index in [1.54, 1.807) is 0 Å². The molecule has 0 bridgehead atoms. The topological polar surface area (TPSA) is 47.7 Å². The number of nitrogens with one attached hydrogen (secondary N) is 2. The van der Waals surface area contributed by atoms with E-state index in [0.29, 0.717) is 5.92 Å². The zero-order valence-corrected chi connectivity index (χ0v) is 14.2. The van der Waals surface area contributed by atoms with E-state index in [1.807, 2.05) is 18.5 Å². The molecule has 4 nitrogen and oxygen atoms in total. The fourth-order valence-electron chi connectivity index (χ4n) is 4.24. The predicted molar refractivity (Wildman–Crippen MR) is 102 cm³/mol. The standard InChI is InChI=1S/C21H22N4/c1-3-16-6-10-22-20(16)17(4-1)14-25-11-7-15(8-12-25)19-13-24-21-18(19)5-2-9-23-21/h1-6,9-10,13,15,22H,7-8,11-12,14H2,(H,23,24). The maximum atomic E-state index is 4.42. The molecule has 1 aliphatic rings. The first-order valence-corrected chi connectivity index (χ1v) is 9.08. The lowest BCUT2D eigenvalue weighted by Crippen LogP contribution is -2.32. The van der Waals surface area contributed by atoms with Gasteiger partial charge in [0.1, 0.15) is 5.65 Å². The molecule has 0 radical (unpaired) electrons. The number of piperidine rings is 1. The van der Waals surface area contributed by atoms with E-state index in [0.717, 1.165) is 25.3 Å². The van der Waals surface area contributed by atoms with Crippen LogP contribution in [0.4, 0.5) is 0 Å². The van der Waals surface area contributed by atoms with Crippen molar-refractivity contribution in [3.63, 3.8) is 0 Å². The number of hydrogen-bond acceptors (Lipinski definition) is 2. The largest absolute Gasteiger partial charge is 0.361 e. The molecule has 126 valence electrons. The lowest BCUT2D eigenvalue weighted by molar-refractivity contribution is 0.205. The molecule has 25 heavy (non-hydrogen) atoms. The molecule has 4 heteroatoms. The Morgan fingerprint density at radius 3 is 2.88 bits per heavy atom. The van der Waals surface area contributed by atoms with Gasteiger partial charge >= 0.3 is 0 Å². The van der Waals surface area contributed by atoms with Crippen LogP contribution >= 0.6 is 0 Å². The Kier molecular flexibility index (Phi) is 3.56. The average molecular weight is 330 g/mol. The zero-order chi connectivity index (χ0) is 16.6. The number of fused-ring (bicyclic) bond motifs is 2. The third-order valence-electron chi connectivity index (χ3n) is 5.58. The normalized spacial score (nSPS) is 16.8. The number of pyridine rings is 1. The summed E-state index contributed by atoms with van der Waals surface area (Å²) in [7, 11) is 0. The van der Waals surface area contributed by atoms with Crippen LogP contribution in [0.15, 0.2) is 55.0 Å². The van der Waals surface area contributed by atoms with Crippen molar-refractivity contribution in [3.8, 4) is 0 Å². The Bertz CT molecular complexity index is 1000. The van der Waals surface area contributed by atoms with Crippen LogP contribution in [-0.2, 0) is 6.54 Å². The van der Waals surface area contributed by atoms with Gasteiger partial charge in [0.05, 0.1) is 0 Å². The van der Waals surface area contributed by atoms with Crippen molar-refractivity contribution in [1.29, 1.82) is 0 Å². The van der Waals surface area contributed by atoms with Gasteiger partial charge in [-0.05, 0) is 66.6 Å². The van der Waals surface area contributed by atoms with E-state index in [1.165, 1.54) is 40.3 Å². The minimum absolute atomic E-state index is 0.635. The Balaban J connectivity index is 1.31. The molecule has 0 aliphatic carbocycles. The van der Waals surface area contributed by atoms with E-state index in [9.17, 15) is 0 Å². The third kappa shape index (κ3) is 2.63. The molecule has 4 aromatic rings. The van der Waals surface area contributed by atoms with Gasteiger partial charge in [-0.15, -0.1) is 0 Å². The molecular formula is C21H22N4. The van der Waals surface area contributed by atoms with Crippen LogP contribution in [0.3, 0.4) is 0 Å². The van der Waals surface area contributed by atoms with Crippen molar-refractivity contribution in [2.24, 2.45) is 0 Å². The molecule has 0 amide bonds. The van der Waals surface area contributed by atoms with Gasteiger partial charge in [-0.3, -0.25) is 4.90 Å². The molecule has 5 rings (SSSR count). The van der Waals surface area contributed by atoms with E-state index in [-0.39, 0.29) is 0 Å². The number of hydrogen-bond donors (Lipinski definition) is 2. The number of para-hydroxylation sites is 1. The highest BCUT2D eigenvalue weighted by Gasteiger charge is 2.23. The maximum Gasteiger partial charge on any atom is 0.137 e. The summed E-state index contributed by atoms with van der Waals surface area (Å²) in [6, 6.07) is 13.0. The SMILES string of the molecule is c1cc(CN2CCC(c3c[nH]c4ncccc34)CC2)c2[nH]ccc2c1. The molecule has 1 aliphatic heterocycles. The maximum absolute atomic E-state index is 4.42. The second kappa shape index (κ2) is 6.05. The monoisotopic (exact) mass is 330 g/mol. The fourth-order valence-corrected chi connectivity index (χ4v) is 4.24. The Morgan fingerprint density at radius 2 is 1.96 bits per heavy atom. The van der Waals surface area contributed by atoms with E-state index in [4.69, 9.17) is 0 Å².